The van der Waals surface area contributed by atoms with Gasteiger partial charge in [-0.25, -0.2) is 9.78 Å². The number of carboxylic acid groups (broad SMARTS) is 1. The van der Waals surface area contributed by atoms with Crippen molar-refractivity contribution in [3.63, 3.8) is 0 Å². The summed E-state index contributed by atoms with van der Waals surface area (Å²) in [6.45, 7) is 3.70. The van der Waals surface area contributed by atoms with Crippen LogP contribution in [0.5, 0.6) is 0 Å². The van der Waals surface area contributed by atoms with Crippen molar-refractivity contribution in [2.75, 3.05) is 18.6 Å². The van der Waals surface area contributed by atoms with E-state index in [2.05, 4.69) is 30.9 Å². The first kappa shape index (κ1) is 31.7. The maximum absolute atomic E-state index is 13.2. The topological polar surface area (TPSA) is 244 Å². The number of carbonyl (C=O) groups excluding carboxylic acids is 3. The lowest BCUT2D eigenvalue weighted by Crippen LogP contribution is -2.59. The van der Waals surface area contributed by atoms with E-state index in [0.717, 1.165) is 0 Å². The van der Waals surface area contributed by atoms with Gasteiger partial charge in [0.05, 0.1) is 12.4 Å². The maximum atomic E-state index is 13.2. The van der Waals surface area contributed by atoms with Gasteiger partial charge in [-0.2, -0.15) is 11.8 Å². The molecule has 0 aliphatic heterocycles. The molecule has 15 heteroatoms. The predicted molar refractivity (Wildman–Crippen MR) is 141 cm³/mol. The first-order valence-electron chi connectivity index (χ1n) is 11.9. The summed E-state index contributed by atoms with van der Waals surface area (Å²) in [6, 6.07) is -4.10. The van der Waals surface area contributed by atoms with Gasteiger partial charge in [0.1, 0.15) is 18.1 Å². The number of hydrogen-bond donors (Lipinski definition) is 8. The van der Waals surface area contributed by atoms with Crippen LogP contribution in [-0.4, -0.2) is 87.4 Å². The van der Waals surface area contributed by atoms with Gasteiger partial charge in [0.25, 0.3) is 0 Å². The SMILES string of the molecule is CSCCC(N)C(=O)NC(C(=O)NC(Cc1cnc[nH]1)C(=O)NC(CCCN=C(N)N)C(=O)O)C(C)C. The minimum atomic E-state index is -1.24. The molecule has 0 bridgehead atoms. The third kappa shape index (κ3) is 12.0. The van der Waals surface area contributed by atoms with Crippen LogP contribution < -0.4 is 33.2 Å². The molecule has 208 valence electrons. The monoisotopic (exact) mass is 541 g/mol. The highest BCUT2D eigenvalue weighted by atomic mass is 32.2. The molecule has 0 saturated carbocycles. The van der Waals surface area contributed by atoms with Crippen molar-refractivity contribution in [1.82, 2.24) is 25.9 Å². The van der Waals surface area contributed by atoms with E-state index in [0.29, 0.717) is 24.3 Å². The molecule has 1 heterocycles. The number of H-pyrrole nitrogens is 1. The smallest absolute Gasteiger partial charge is 0.326 e. The molecule has 14 nitrogen and oxygen atoms in total. The number of thioether (sulfide) groups is 1. The van der Waals surface area contributed by atoms with E-state index >= 15 is 0 Å². The number of rotatable bonds is 17. The van der Waals surface area contributed by atoms with Crippen molar-refractivity contribution in [3.05, 3.63) is 18.2 Å². The predicted octanol–water partition coefficient (Wildman–Crippen LogP) is -1.72. The molecule has 0 fully saturated rings. The van der Waals surface area contributed by atoms with Gasteiger partial charge < -0.3 is 43.2 Å². The fourth-order valence-corrected chi connectivity index (χ4v) is 3.78. The lowest BCUT2D eigenvalue weighted by molar-refractivity contribution is -0.142. The van der Waals surface area contributed by atoms with Gasteiger partial charge in [0.15, 0.2) is 5.96 Å². The number of aromatic nitrogens is 2. The molecule has 0 radical (unpaired) electrons. The number of guanidine groups is 1. The van der Waals surface area contributed by atoms with Crippen LogP contribution in [0.4, 0.5) is 0 Å². The number of nitrogens with one attached hydrogen (secondary N) is 4. The molecule has 1 aromatic heterocycles. The normalized spacial score (nSPS) is 14.2. The molecule has 0 saturated heterocycles. The van der Waals surface area contributed by atoms with E-state index in [1.165, 1.54) is 12.5 Å². The van der Waals surface area contributed by atoms with Gasteiger partial charge >= 0.3 is 5.97 Å². The summed E-state index contributed by atoms with van der Waals surface area (Å²) in [5.41, 5.74) is 17.0. The van der Waals surface area contributed by atoms with Crippen LogP contribution in [-0.2, 0) is 25.6 Å². The van der Waals surface area contributed by atoms with E-state index < -0.39 is 47.9 Å². The minimum Gasteiger partial charge on any atom is -0.480 e. The Hall–Kier alpha value is -3.33. The highest BCUT2D eigenvalue weighted by Crippen LogP contribution is 2.08. The summed E-state index contributed by atoms with van der Waals surface area (Å²) in [5, 5.41) is 17.3. The highest BCUT2D eigenvalue weighted by Gasteiger charge is 2.32. The Morgan fingerprint density at radius 3 is 2.30 bits per heavy atom. The Morgan fingerprint density at radius 2 is 1.76 bits per heavy atom. The van der Waals surface area contributed by atoms with Crippen molar-refractivity contribution in [2.45, 2.75) is 63.7 Å². The van der Waals surface area contributed by atoms with E-state index in [-0.39, 0.29) is 31.3 Å². The lowest BCUT2D eigenvalue weighted by Gasteiger charge is -2.27. The van der Waals surface area contributed by atoms with Crippen molar-refractivity contribution in [3.8, 4) is 0 Å². The number of nitrogens with zero attached hydrogens (tertiary/aromatic N) is 2. The molecule has 0 aromatic carbocycles. The van der Waals surface area contributed by atoms with Crippen molar-refractivity contribution in [2.24, 2.45) is 28.1 Å². The summed E-state index contributed by atoms with van der Waals surface area (Å²) >= 11 is 1.56. The minimum absolute atomic E-state index is 0.0178. The molecule has 1 aromatic rings. The molecule has 37 heavy (non-hydrogen) atoms. The number of aliphatic imine (C=N–C) groups is 1. The van der Waals surface area contributed by atoms with Gasteiger partial charge in [0, 0.05) is 24.9 Å². The summed E-state index contributed by atoms with van der Waals surface area (Å²) < 4.78 is 0. The van der Waals surface area contributed by atoms with E-state index in [1.54, 1.807) is 25.6 Å². The van der Waals surface area contributed by atoms with Gasteiger partial charge in [-0.1, -0.05) is 13.8 Å². The van der Waals surface area contributed by atoms with E-state index in [9.17, 15) is 24.3 Å². The number of amides is 3. The molecule has 0 aliphatic rings. The Labute approximate surface area is 220 Å². The largest absolute Gasteiger partial charge is 0.480 e. The number of aromatic amines is 1. The molecule has 3 amide bonds. The summed E-state index contributed by atoms with van der Waals surface area (Å²) in [4.78, 5) is 61.1. The number of nitrogens with two attached hydrogens (primary N) is 3. The molecular weight excluding hydrogens is 502 g/mol. The summed E-state index contributed by atoms with van der Waals surface area (Å²) in [7, 11) is 0. The summed E-state index contributed by atoms with van der Waals surface area (Å²) in [6.07, 6.45) is 5.66. The standard InChI is InChI=1S/C22H39N9O5S/c1-12(2)17(31-18(32)14(23)6-8-37-3)20(34)30-16(9-13-10-26-11-28-13)19(33)29-15(21(35)36)5-4-7-27-22(24)25/h10-12,14-17H,4-9,23H2,1-3H3,(H,26,28)(H,29,33)(H,30,34)(H,31,32)(H,35,36)(H4,24,25,27). The zero-order valence-corrected chi connectivity index (χ0v) is 22.2. The summed E-state index contributed by atoms with van der Waals surface area (Å²) in [5.74, 6) is -2.75. The molecule has 1 rings (SSSR count). The Balaban J connectivity index is 2.98. The second-order valence-electron chi connectivity index (χ2n) is 8.81. The Morgan fingerprint density at radius 1 is 1.08 bits per heavy atom. The molecule has 0 aliphatic carbocycles. The van der Waals surface area contributed by atoms with Crippen LogP contribution in [0.3, 0.4) is 0 Å². The van der Waals surface area contributed by atoms with Crippen LogP contribution in [0, 0.1) is 5.92 Å². The zero-order valence-electron chi connectivity index (χ0n) is 21.4. The van der Waals surface area contributed by atoms with Crippen molar-refractivity contribution in [1.29, 1.82) is 0 Å². The van der Waals surface area contributed by atoms with Gasteiger partial charge in [-0.15, -0.1) is 0 Å². The van der Waals surface area contributed by atoms with Crippen LogP contribution in [0.2, 0.25) is 0 Å². The zero-order chi connectivity index (χ0) is 28.0. The van der Waals surface area contributed by atoms with Crippen LogP contribution in [0.25, 0.3) is 0 Å². The highest BCUT2D eigenvalue weighted by molar-refractivity contribution is 7.98. The number of hydrogen-bond acceptors (Lipinski definition) is 8. The average Bonchev–Trinajstić information content (AvgIpc) is 3.34. The molecule has 4 unspecified atom stereocenters. The maximum Gasteiger partial charge on any atom is 0.326 e. The molecule has 11 N–H and O–H groups in total. The molecule has 4 atom stereocenters. The fraction of sp³-hybridized carbons (Fsp3) is 0.636. The van der Waals surface area contributed by atoms with Gasteiger partial charge in [-0.05, 0) is 37.2 Å². The average molecular weight is 542 g/mol. The van der Waals surface area contributed by atoms with Crippen LogP contribution >= 0.6 is 11.8 Å². The van der Waals surface area contributed by atoms with Crippen LogP contribution in [0.15, 0.2) is 17.5 Å². The lowest BCUT2D eigenvalue weighted by atomic mass is 10.0. The number of aliphatic carboxylic acids is 1. The second kappa shape index (κ2) is 16.4. The molecular formula is C22H39N9O5S. The van der Waals surface area contributed by atoms with Crippen molar-refractivity contribution >= 4 is 41.4 Å². The number of carbonyl (C=O) groups is 4. The van der Waals surface area contributed by atoms with Gasteiger partial charge in [-0.3, -0.25) is 19.4 Å². The molecule has 0 spiro atoms. The van der Waals surface area contributed by atoms with E-state index in [1.807, 2.05) is 6.26 Å². The fourth-order valence-electron chi connectivity index (χ4n) is 3.29. The Bertz CT molecular complexity index is 906. The first-order chi connectivity index (χ1) is 17.5. The number of carboxylic acids is 1. The van der Waals surface area contributed by atoms with E-state index in [4.69, 9.17) is 17.2 Å². The third-order valence-electron chi connectivity index (χ3n) is 5.39. The second-order valence-corrected chi connectivity index (χ2v) is 9.79. The van der Waals surface area contributed by atoms with Gasteiger partial charge in [0.2, 0.25) is 17.7 Å². The first-order valence-corrected chi connectivity index (χ1v) is 13.3. The van der Waals surface area contributed by atoms with Crippen LogP contribution in [0.1, 0.15) is 38.8 Å². The third-order valence-corrected chi connectivity index (χ3v) is 6.03. The Kier molecular flexibility index (Phi) is 14.1. The van der Waals surface area contributed by atoms with Crippen molar-refractivity contribution < 1.29 is 24.3 Å². The quantitative estimate of drug-likeness (QED) is 0.0629. The number of imidazole rings is 1.